The molecule has 1 nitrogen and oxygen atoms in total. The van der Waals surface area contributed by atoms with Crippen molar-refractivity contribution in [2.45, 2.75) is 0 Å². The summed E-state index contributed by atoms with van der Waals surface area (Å²) in [4.78, 5) is 1.97. The summed E-state index contributed by atoms with van der Waals surface area (Å²) in [6, 6.07) is 0. The van der Waals surface area contributed by atoms with Crippen LogP contribution in [0.1, 0.15) is 0 Å². The third-order valence-corrected chi connectivity index (χ3v) is 2.16. The standard InChI is InChI=1S/CN.2Fe.Mn.Na.H/c1-2;;;;;. The molecule has 0 rings (SSSR count). The molecule has 0 radical (unpaired) electrons. The monoisotopic (exact) mass is 217 g/mol. The summed E-state index contributed by atoms with van der Waals surface area (Å²) in [6.07, 6.45) is 0. The SMILES string of the molecule is N#[C][Fe][Mn][Fe].[NaH]. The molecular formula is CHFe2MnNNa. The first-order valence-corrected chi connectivity index (χ1v) is 5.50. The predicted octanol–water partition coefficient (Wildman–Crippen LogP) is -0.639. The van der Waals surface area contributed by atoms with Crippen molar-refractivity contribution in [2.24, 2.45) is 0 Å². The third-order valence-electron chi connectivity index (χ3n) is 0.0535. The van der Waals surface area contributed by atoms with Gasteiger partial charge >= 0.3 is 78.4 Å². The molecule has 5 heteroatoms. The summed E-state index contributed by atoms with van der Waals surface area (Å²) < 4.78 is 0. The average Bonchev–Trinajstić information content (AvgIpc) is 1.41. The average molecular weight is 217 g/mol. The van der Waals surface area contributed by atoms with Gasteiger partial charge in [0.15, 0.2) is 0 Å². The fourth-order valence-electron chi connectivity index (χ4n) is 0.0106. The fraction of sp³-hybridized carbons (Fsp3) is 0. The number of rotatable bonds is 1. The molecule has 0 atom stereocenters. The van der Waals surface area contributed by atoms with Crippen molar-refractivity contribution < 1.29 is 38.6 Å². The molecule has 0 spiro atoms. The van der Waals surface area contributed by atoms with E-state index in [1.165, 1.54) is 0 Å². The molecule has 0 bridgehead atoms. The van der Waals surface area contributed by atoms with Gasteiger partial charge in [-0.1, -0.05) is 0 Å². The molecule has 0 aliphatic carbocycles. The minimum absolute atomic E-state index is 0. The zero-order chi connectivity index (χ0) is 4.12. The van der Waals surface area contributed by atoms with E-state index < -0.39 is 0 Å². The second-order valence-corrected chi connectivity index (χ2v) is 4.77. The van der Waals surface area contributed by atoms with E-state index in [1.54, 1.807) is 0 Å². The summed E-state index contributed by atoms with van der Waals surface area (Å²) >= 11 is 4.62. The first-order chi connectivity index (χ1) is 2.41. The molecule has 34 valence electrons. The van der Waals surface area contributed by atoms with Gasteiger partial charge in [0, 0.05) is 0 Å². The molecule has 0 unspecified atom stereocenters. The Labute approximate surface area is 77.1 Å². The first-order valence-electron chi connectivity index (χ1n) is 0.668. The van der Waals surface area contributed by atoms with Crippen molar-refractivity contribution in [1.29, 1.82) is 5.26 Å². The van der Waals surface area contributed by atoms with Crippen molar-refractivity contribution in [1.82, 2.24) is 0 Å². The molecular weight excluding hydrogens is 216 g/mol. The number of hydrogen-bond acceptors (Lipinski definition) is 1. The fourth-order valence-corrected chi connectivity index (χ4v) is 0.740. The van der Waals surface area contributed by atoms with Crippen LogP contribution in [0, 0.1) is 10.2 Å². The van der Waals surface area contributed by atoms with E-state index in [9.17, 15) is 0 Å². The summed E-state index contributed by atoms with van der Waals surface area (Å²) in [7, 11) is 0. The van der Waals surface area contributed by atoms with Crippen molar-refractivity contribution >= 4 is 29.6 Å². The van der Waals surface area contributed by atoms with E-state index in [2.05, 4.69) is 14.2 Å². The maximum absolute atomic E-state index is 7.78. The van der Waals surface area contributed by atoms with Gasteiger partial charge in [0.1, 0.15) is 0 Å². The Hall–Kier alpha value is 2.05. The summed E-state index contributed by atoms with van der Waals surface area (Å²) in [5.41, 5.74) is 0. The van der Waals surface area contributed by atoms with Gasteiger partial charge in [0.25, 0.3) is 0 Å². The first kappa shape index (κ1) is 10.9. The molecule has 0 fully saturated rings. The van der Waals surface area contributed by atoms with Gasteiger partial charge in [-0.2, -0.15) is 0 Å². The molecule has 6 heavy (non-hydrogen) atoms. The Morgan fingerprint density at radius 2 is 2.33 bits per heavy atom. The molecule has 0 aliphatic rings. The molecule has 0 aromatic heterocycles. The normalized spacial score (nSPS) is 6.00. The Kier molecular flexibility index (Phi) is 18.4. The van der Waals surface area contributed by atoms with Crippen LogP contribution in [0.25, 0.3) is 0 Å². The maximum atomic E-state index is 7.78. The second kappa shape index (κ2) is 10.1. The third kappa shape index (κ3) is 9.41. The van der Waals surface area contributed by atoms with Crippen LogP contribution in [0.3, 0.4) is 0 Å². The van der Waals surface area contributed by atoms with E-state index in [-0.39, 0.29) is 29.6 Å². The number of hydrogen-bond donors (Lipinski definition) is 0. The molecule has 0 saturated heterocycles. The number of nitriles is 1. The van der Waals surface area contributed by atoms with Crippen molar-refractivity contribution in [2.75, 3.05) is 0 Å². The molecule has 0 saturated carbocycles. The van der Waals surface area contributed by atoms with Crippen molar-refractivity contribution in [3.63, 3.8) is 0 Å². The predicted molar refractivity (Wildman–Crippen MR) is 12.8 cm³/mol. The summed E-state index contributed by atoms with van der Waals surface area (Å²) in [5, 5.41) is 7.78. The zero-order valence-electron chi connectivity index (χ0n) is 2.03. The van der Waals surface area contributed by atoms with E-state index >= 15 is 0 Å². The van der Waals surface area contributed by atoms with E-state index in [0.717, 1.165) is 0 Å². The molecule has 0 amide bonds. The van der Waals surface area contributed by atoms with Crippen LogP contribution in [-0.4, -0.2) is 29.6 Å². The van der Waals surface area contributed by atoms with Crippen LogP contribution >= 0.6 is 0 Å². The zero-order valence-corrected chi connectivity index (χ0v) is 5.42. The Morgan fingerprint density at radius 3 is 2.33 bits per heavy atom. The van der Waals surface area contributed by atoms with E-state index in [4.69, 9.17) is 5.26 Å². The molecule has 0 N–H and O–H groups in total. The van der Waals surface area contributed by atoms with Gasteiger partial charge < -0.3 is 0 Å². The Morgan fingerprint density at radius 1 is 1.83 bits per heavy atom. The van der Waals surface area contributed by atoms with Gasteiger partial charge in [-0.15, -0.1) is 0 Å². The molecule has 0 aromatic rings. The summed E-state index contributed by atoms with van der Waals surface area (Å²) in [5.74, 6) is 0. The van der Waals surface area contributed by atoms with Crippen LogP contribution in [0.4, 0.5) is 0 Å². The van der Waals surface area contributed by atoms with Crippen LogP contribution in [0.15, 0.2) is 0 Å². The Bertz CT molecular complexity index is 52.0. The van der Waals surface area contributed by atoms with Crippen molar-refractivity contribution in [3.05, 3.63) is 0 Å². The van der Waals surface area contributed by atoms with E-state index in [0.29, 0.717) is 24.4 Å². The topological polar surface area (TPSA) is 23.8 Å². The number of nitrogens with zero attached hydrogens (tertiary/aromatic N) is 1. The van der Waals surface area contributed by atoms with Crippen LogP contribution in [0.5, 0.6) is 0 Å². The van der Waals surface area contributed by atoms with Crippen LogP contribution < -0.4 is 0 Å². The van der Waals surface area contributed by atoms with Crippen LogP contribution in [-0.2, 0) is 38.6 Å². The Balaban J connectivity index is 0. The summed E-state index contributed by atoms with van der Waals surface area (Å²) in [6.45, 7) is 0. The van der Waals surface area contributed by atoms with Gasteiger partial charge in [0.2, 0.25) is 0 Å². The van der Waals surface area contributed by atoms with Gasteiger partial charge in [0.05, 0.1) is 0 Å². The van der Waals surface area contributed by atoms with Crippen LogP contribution in [0.2, 0.25) is 0 Å². The quantitative estimate of drug-likeness (QED) is 0.535. The minimum atomic E-state index is 0. The van der Waals surface area contributed by atoms with E-state index in [1.807, 2.05) is 4.97 Å². The van der Waals surface area contributed by atoms with Gasteiger partial charge in [-0.05, 0) is 0 Å². The van der Waals surface area contributed by atoms with Gasteiger partial charge in [-0.25, -0.2) is 0 Å². The molecule has 0 aromatic carbocycles. The molecule has 0 heterocycles. The second-order valence-electron chi connectivity index (χ2n) is 0.193. The van der Waals surface area contributed by atoms with Gasteiger partial charge in [-0.3, -0.25) is 0 Å². The molecule has 0 aliphatic heterocycles. The van der Waals surface area contributed by atoms with Crippen molar-refractivity contribution in [3.8, 4) is 4.97 Å².